The number of nitrogens with one attached hydrogen (secondary N) is 1. The maximum Gasteiger partial charge on any atom is 0.410 e. The highest BCUT2D eigenvalue weighted by Crippen LogP contribution is 2.41. The van der Waals surface area contributed by atoms with E-state index < -0.39 is 77.3 Å². The van der Waals surface area contributed by atoms with E-state index in [-0.39, 0.29) is 24.5 Å². The van der Waals surface area contributed by atoms with E-state index in [2.05, 4.69) is 25.8 Å². The van der Waals surface area contributed by atoms with Gasteiger partial charge in [-0.1, -0.05) is 26.0 Å². The molecule has 3 unspecified atom stereocenters. The molecule has 18 heteroatoms. The zero-order chi connectivity index (χ0) is 43.4. The lowest BCUT2D eigenvalue weighted by Crippen LogP contribution is -2.61. The summed E-state index contributed by atoms with van der Waals surface area (Å²) in [6.07, 6.45) is 0.238. The lowest BCUT2D eigenvalue weighted by Gasteiger charge is -2.47. The largest absolute Gasteiger partial charge is 0.455 e. The number of esters is 1. The van der Waals surface area contributed by atoms with E-state index in [1.165, 1.54) is 14.0 Å². The van der Waals surface area contributed by atoms with Crippen molar-refractivity contribution >= 4 is 17.8 Å². The summed E-state index contributed by atoms with van der Waals surface area (Å²) in [4.78, 5) is 45.6. The van der Waals surface area contributed by atoms with Crippen LogP contribution < -0.4 is 5.32 Å². The van der Waals surface area contributed by atoms with Gasteiger partial charge in [0.05, 0.1) is 30.0 Å². The number of carbonyl (C=O) groups is 3. The second kappa shape index (κ2) is 18.9. The fraction of sp³-hybridized carbons (Fsp3) is 0.780. The summed E-state index contributed by atoms with van der Waals surface area (Å²) < 4.78 is 49.5. The molecule has 13 atom stereocenters. The predicted molar refractivity (Wildman–Crippen MR) is 213 cm³/mol. The Balaban J connectivity index is 1.41. The number of alkyl halides is 1. The standard InChI is InChI=1S/C41H65FN8O9/c1-12-31-41(8)33(50(38(54)59-41)19-14-13-18-49-23-29(46-47-49)28-16-15-17-44-45-28)27(5)43-22-24(2)21-39(6,55-11)35(26(4)34(52)40(7,42)37(53)57-31)58-36-32(51)30(48(9)10)20-25(3)56-36/h15-17,23-27,30-33,35-36,43,51H,12-14,18-22H2,1-11H3/t24-,25?,26-,27-,30?,31-,32?,33-,35-,36+,39-,40-,41-/m1/s1. The van der Waals surface area contributed by atoms with Crippen LogP contribution in [0.25, 0.3) is 11.4 Å². The number of fused-ring (bicyclic) bond motifs is 1. The molecular weight excluding hydrogens is 767 g/mol. The second-order valence-electron chi connectivity index (χ2n) is 17.5. The van der Waals surface area contributed by atoms with Crippen LogP contribution in [0.1, 0.15) is 87.5 Å². The van der Waals surface area contributed by atoms with Crippen molar-refractivity contribution in [3.8, 4) is 11.4 Å². The molecule has 330 valence electrons. The molecule has 0 spiro atoms. The van der Waals surface area contributed by atoms with Crippen LogP contribution in [-0.4, -0.2) is 158 Å². The average molecular weight is 833 g/mol. The summed E-state index contributed by atoms with van der Waals surface area (Å²) >= 11 is 0. The van der Waals surface area contributed by atoms with Crippen molar-refractivity contribution in [2.24, 2.45) is 11.8 Å². The maximum atomic E-state index is 16.9. The molecule has 3 aliphatic heterocycles. The SMILES string of the molecule is CC[C@H]1OC(=O)[C@](C)(F)C(=O)[C@@H](C)[C@@H](O[C@@H]2OC(C)CC(N(C)C)C2O)[C@](C)(OC)C[C@@H](C)CN[C@H](C)[C@H]2N(CCCCn3cc(-c4cccnn4)nn3)C(=O)O[C@]12C. The molecule has 3 fully saturated rings. The summed E-state index contributed by atoms with van der Waals surface area (Å²) in [5.41, 5.74) is -4.57. The molecule has 0 aromatic carbocycles. The van der Waals surface area contributed by atoms with E-state index in [1.54, 1.807) is 54.9 Å². The van der Waals surface area contributed by atoms with Gasteiger partial charge in [-0.3, -0.25) is 14.4 Å². The lowest BCUT2D eigenvalue weighted by atomic mass is 9.78. The second-order valence-corrected chi connectivity index (χ2v) is 17.5. The highest BCUT2D eigenvalue weighted by atomic mass is 19.1. The van der Waals surface area contributed by atoms with E-state index in [0.29, 0.717) is 56.7 Å². The van der Waals surface area contributed by atoms with Crippen molar-refractivity contribution in [1.29, 1.82) is 0 Å². The molecule has 2 aromatic heterocycles. The molecule has 0 aliphatic carbocycles. The van der Waals surface area contributed by atoms with Crippen molar-refractivity contribution in [2.45, 2.75) is 160 Å². The van der Waals surface area contributed by atoms with Crippen molar-refractivity contribution < 1.29 is 47.6 Å². The van der Waals surface area contributed by atoms with Gasteiger partial charge in [-0.05, 0) is 105 Å². The summed E-state index contributed by atoms with van der Waals surface area (Å²) in [6, 6.07) is 2.22. The van der Waals surface area contributed by atoms with Gasteiger partial charge < -0.3 is 39.0 Å². The number of aromatic nitrogens is 5. The first-order valence-electron chi connectivity index (χ1n) is 20.8. The Morgan fingerprint density at radius 1 is 1.07 bits per heavy atom. The highest BCUT2D eigenvalue weighted by molar-refractivity contribution is 6.07. The van der Waals surface area contributed by atoms with Crippen LogP contribution in [0.2, 0.25) is 0 Å². The Kier molecular flexibility index (Phi) is 14.9. The van der Waals surface area contributed by atoms with Gasteiger partial charge >= 0.3 is 12.1 Å². The minimum Gasteiger partial charge on any atom is -0.455 e. The number of carbonyl (C=O) groups excluding carboxylic acids is 3. The molecule has 0 radical (unpaired) electrons. The van der Waals surface area contributed by atoms with Gasteiger partial charge in [0.2, 0.25) is 0 Å². The molecule has 5 heterocycles. The van der Waals surface area contributed by atoms with Gasteiger partial charge in [0.15, 0.2) is 17.7 Å². The fourth-order valence-electron chi connectivity index (χ4n) is 9.18. The number of nitrogens with zero attached hydrogens (tertiary/aromatic N) is 7. The molecule has 3 aliphatic rings. The number of unbranched alkanes of at least 4 members (excludes halogenated alkanes) is 1. The maximum absolute atomic E-state index is 16.9. The topological polar surface area (TPSA) is 193 Å². The Hall–Kier alpha value is -3.68. The number of hydrogen-bond donors (Lipinski definition) is 2. The molecule has 5 rings (SSSR count). The number of halogens is 1. The highest BCUT2D eigenvalue weighted by Gasteiger charge is 2.60. The number of rotatable bonds is 11. The van der Waals surface area contributed by atoms with Crippen molar-refractivity contribution in [1.82, 2.24) is 40.3 Å². The van der Waals surface area contributed by atoms with Crippen molar-refractivity contribution in [3.05, 3.63) is 24.5 Å². The van der Waals surface area contributed by atoms with Gasteiger partial charge in [-0.2, -0.15) is 5.10 Å². The number of aryl methyl sites for hydroxylation is 1. The molecule has 59 heavy (non-hydrogen) atoms. The van der Waals surface area contributed by atoms with Gasteiger partial charge in [-0.15, -0.1) is 10.2 Å². The summed E-state index contributed by atoms with van der Waals surface area (Å²) in [5, 5.41) is 31.4. The van der Waals surface area contributed by atoms with Gasteiger partial charge in [0, 0.05) is 44.4 Å². The number of aliphatic hydroxyl groups excluding tert-OH is 1. The van der Waals surface area contributed by atoms with Crippen LogP contribution in [-0.2, 0) is 39.8 Å². The van der Waals surface area contributed by atoms with Gasteiger partial charge in [-0.25, -0.2) is 14.0 Å². The molecule has 3 saturated heterocycles. The van der Waals surface area contributed by atoms with Gasteiger partial charge in [0.25, 0.3) is 5.67 Å². The Labute approximate surface area is 347 Å². The molecule has 1 amide bonds. The molecule has 17 nitrogen and oxygen atoms in total. The van der Waals surface area contributed by atoms with E-state index in [0.717, 1.165) is 6.92 Å². The molecule has 2 aromatic rings. The number of ketones is 1. The first-order chi connectivity index (χ1) is 27.8. The number of hydrogen-bond acceptors (Lipinski definition) is 15. The van der Waals surface area contributed by atoms with E-state index in [9.17, 15) is 19.5 Å². The minimum atomic E-state index is -3.13. The quantitative estimate of drug-likeness (QED) is 0.190. The third-order valence-corrected chi connectivity index (χ3v) is 12.5. The van der Waals surface area contributed by atoms with Crippen molar-refractivity contribution in [3.63, 3.8) is 0 Å². The fourth-order valence-corrected chi connectivity index (χ4v) is 9.18. The Morgan fingerprint density at radius 2 is 1.78 bits per heavy atom. The number of methoxy groups -OCH3 is 1. The van der Waals surface area contributed by atoms with Crippen LogP contribution in [0.5, 0.6) is 0 Å². The monoisotopic (exact) mass is 832 g/mol. The number of likely N-dealkylation sites (N-methyl/N-ethyl adjacent to an activating group) is 1. The van der Waals surface area contributed by atoms with Crippen LogP contribution in [0.4, 0.5) is 9.18 Å². The number of Topliss-reactive ketones (excluding diaryl/α,β-unsaturated/α-hetero) is 1. The zero-order valence-corrected chi connectivity index (χ0v) is 36.5. The molecule has 2 N–H and O–H groups in total. The van der Waals surface area contributed by atoms with Crippen LogP contribution in [0.15, 0.2) is 24.5 Å². The zero-order valence-electron chi connectivity index (χ0n) is 36.5. The third-order valence-electron chi connectivity index (χ3n) is 12.5. The minimum absolute atomic E-state index is 0.115. The van der Waals surface area contributed by atoms with Gasteiger partial charge in [0.1, 0.15) is 23.6 Å². The van der Waals surface area contributed by atoms with Crippen LogP contribution in [0, 0.1) is 11.8 Å². The summed E-state index contributed by atoms with van der Waals surface area (Å²) in [7, 11) is 5.20. The number of cyclic esters (lactones) is 1. The Bertz CT molecular complexity index is 1740. The smallest absolute Gasteiger partial charge is 0.410 e. The molecular formula is C41H65FN8O9. The number of amides is 1. The summed E-state index contributed by atoms with van der Waals surface area (Å²) in [6.45, 7) is 14.7. The Morgan fingerprint density at radius 3 is 2.42 bits per heavy atom. The number of aliphatic hydroxyl groups is 1. The third kappa shape index (κ3) is 9.94. The van der Waals surface area contributed by atoms with E-state index in [1.807, 2.05) is 39.8 Å². The van der Waals surface area contributed by atoms with E-state index >= 15 is 4.39 Å². The average Bonchev–Trinajstić information content (AvgIpc) is 3.78. The predicted octanol–water partition coefficient (Wildman–Crippen LogP) is 3.58. The van der Waals surface area contributed by atoms with Crippen LogP contribution >= 0.6 is 0 Å². The normalized spacial score (nSPS) is 37.7. The molecule has 0 bridgehead atoms. The first kappa shape index (κ1) is 46.4. The van der Waals surface area contributed by atoms with Crippen LogP contribution in [0.3, 0.4) is 0 Å². The summed E-state index contributed by atoms with van der Waals surface area (Å²) in [5.74, 6) is -3.86. The number of ether oxygens (including phenoxy) is 5. The van der Waals surface area contributed by atoms with E-state index in [4.69, 9.17) is 23.7 Å². The first-order valence-corrected chi connectivity index (χ1v) is 20.8. The molecule has 0 saturated carbocycles. The lowest BCUT2D eigenvalue weighted by molar-refractivity contribution is -0.295. The van der Waals surface area contributed by atoms with Crippen molar-refractivity contribution in [2.75, 3.05) is 34.3 Å².